The smallest absolute Gasteiger partial charge is 0.390 e. The highest BCUT2D eigenvalue weighted by atomic mass is 19.4. The van der Waals surface area contributed by atoms with E-state index in [0.29, 0.717) is 27.9 Å². The summed E-state index contributed by atoms with van der Waals surface area (Å²) in [5, 5.41) is 12.7. The van der Waals surface area contributed by atoms with Crippen molar-refractivity contribution < 1.29 is 22.7 Å². The van der Waals surface area contributed by atoms with E-state index in [2.05, 4.69) is 25.3 Å². The average Bonchev–Trinajstić information content (AvgIpc) is 3.23. The van der Waals surface area contributed by atoms with Gasteiger partial charge in [-0.25, -0.2) is 14.4 Å². The SMILES string of the molecule is OCc1cnc2c(F)cc(-c3c[nH]c4nc(NCC5(C(F)(F)F)CC5)ncc34)cn12. The van der Waals surface area contributed by atoms with Crippen LogP contribution in [0.25, 0.3) is 27.8 Å². The second-order valence-electron chi connectivity index (χ2n) is 7.47. The number of aromatic nitrogens is 5. The normalized spacial score (nSPS) is 15.8. The van der Waals surface area contributed by atoms with Crippen molar-refractivity contribution in [2.45, 2.75) is 25.6 Å². The molecule has 4 aromatic heterocycles. The molecule has 5 rings (SSSR count). The van der Waals surface area contributed by atoms with E-state index in [1.807, 2.05) is 0 Å². The lowest BCUT2D eigenvalue weighted by Gasteiger charge is -2.19. The Kier molecular flexibility index (Phi) is 4.01. The van der Waals surface area contributed by atoms with Gasteiger partial charge < -0.3 is 15.4 Å². The minimum absolute atomic E-state index is 0.0882. The lowest BCUT2D eigenvalue weighted by Crippen LogP contribution is -2.31. The summed E-state index contributed by atoms with van der Waals surface area (Å²) in [6, 6.07) is 1.32. The van der Waals surface area contributed by atoms with Crippen molar-refractivity contribution in [2.24, 2.45) is 5.41 Å². The molecule has 1 fully saturated rings. The first-order valence-electron chi connectivity index (χ1n) is 9.23. The molecule has 0 saturated heterocycles. The van der Waals surface area contributed by atoms with E-state index < -0.39 is 17.4 Å². The van der Waals surface area contributed by atoms with Crippen LogP contribution >= 0.6 is 0 Å². The van der Waals surface area contributed by atoms with Crippen molar-refractivity contribution in [3.8, 4) is 11.1 Å². The van der Waals surface area contributed by atoms with Gasteiger partial charge in [-0.15, -0.1) is 0 Å². The highest BCUT2D eigenvalue weighted by molar-refractivity contribution is 5.93. The van der Waals surface area contributed by atoms with Crippen LogP contribution in [0, 0.1) is 11.2 Å². The molecule has 11 heteroatoms. The number of imidazole rings is 1. The van der Waals surface area contributed by atoms with E-state index in [-0.39, 0.29) is 37.6 Å². The second-order valence-corrected chi connectivity index (χ2v) is 7.47. The van der Waals surface area contributed by atoms with Gasteiger partial charge in [0.1, 0.15) is 5.65 Å². The number of nitrogens with one attached hydrogen (secondary N) is 2. The predicted octanol–water partition coefficient (Wildman–Crippen LogP) is 3.66. The van der Waals surface area contributed by atoms with Gasteiger partial charge >= 0.3 is 6.18 Å². The molecule has 1 aliphatic carbocycles. The van der Waals surface area contributed by atoms with Gasteiger partial charge in [-0.2, -0.15) is 18.2 Å². The first-order valence-corrected chi connectivity index (χ1v) is 9.23. The fourth-order valence-corrected chi connectivity index (χ4v) is 3.55. The summed E-state index contributed by atoms with van der Waals surface area (Å²) in [5.41, 5.74) is 0.374. The van der Waals surface area contributed by atoms with E-state index in [0.717, 1.165) is 0 Å². The van der Waals surface area contributed by atoms with Crippen LogP contribution in [-0.2, 0) is 6.61 Å². The number of rotatable bonds is 5. The zero-order valence-electron chi connectivity index (χ0n) is 15.5. The molecule has 0 unspecified atom stereocenters. The van der Waals surface area contributed by atoms with Crippen molar-refractivity contribution in [1.82, 2.24) is 24.3 Å². The second kappa shape index (κ2) is 6.39. The summed E-state index contributed by atoms with van der Waals surface area (Å²) in [6.07, 6.45) is 2.07. The first-order chi connectivity index (χ1) is 14.3. The third-order valence-electron chi connectivity index (χ3n) is 5.58. The molecule has 0 spiro atoms. The Morgan fingerprint density at radius 2 is 2.03 bits per heavy atom. The van der Waals surface area contributed by atoms with Crippen LogP contribution < -0.4 is 5.32 Å². The van der Waals surface area contributed by atoms with E-state index in [1.54, 1.807) is 12.4 Å². The van der Waals surface area contributed by atoms with Gasteiger partial charge in [0.25, 0.3) is 0 Å². The Labute approximate surface area is 166 Å². The van der Waals surface area contributed by atoms with E-state index in [9.17, 15) is 22.7 Å². The number of aliphatic hydroxyl groups is 1. The first kappa shape index (κ1) is 18.8. The highest BCUT2D eigenvalue weighted by Gasteiger charge is 2.62. The largest absolute Gasteiger partial charge is 0.396 e. The number of H-pyrrole nitrogens is 1. The number of hydrogen-bond donors (Lipinski definition) is 3. The quantitative estimate of drug-likeness (QED) is 0.429. The molecule has 0 amide bonds. The molecule has 1 saturated carbocycles. The number of alkyl halides is 3. The predicted molar refractivity (Wildman–Crippen MR) is 100 cm³/mol. The molecule has 0 aliphatic heterocycles. The summed E-state index contributed by atoms with van der Waals surface area (Å²) in [4.78, 5) is 15.3. The number of fused-ring (bicyclic) bond motifs is 2. The maximum atomic E-state index is 14.5. The summed E-state index contributed by atoms with van der Waals surface area (Å²) < 4.78 is 55.2. The Hall–Kier alpha value is -3.21. The number of nitrogens with zero attached hydrogens (tertiary/aromatic N) is 4. The highest BCUT2D eigenvalue weighted by Crippen LogP contribution is 2.57. The third-order valence-corrected chi connectivity index (χ3v) is 5.58. The Morgan fingerprint density at radius 3 is 2.73 bits per heavy atom. The van der Waals surface area contributed by atoms with Crippen molar-refractivity contribution in [3.05, 3.63) is 42.4 Å². The standard InChI is InChI=1S/C19H16F4N6O/c20-14-3-10(7-29-11(8-30)4-25-16(14)29)12-5-24-15-13(12)6-26-17(28-15)27-9-18(1-2-18)19(21,22)23/h3-7,30H,1-2,8-9H2,(H2,24,26,27,28). The lowest BCUT2D eigenvalue weighted by atomic mass is 10.1. The van der Waals surface area contributed by atoms with Gasteiger partial charge in [0.15, 0.2) is 11.5 Å². The van der Waals surface area contributed by atoms with Crippen molar-refractivity contribution in [3.63, 3.8) is 0 Å². The summed E-state index contributed by atoms with van der Waals surface area (Å²) >= 11 is 0. The van der Waals surface area contributed by atoms with Crippen LogP contribution in [0.15, 0.2) is 30.9 Å². The van der Waals surface area contributed by atoms with Gasteiger partial charge in [-0.3, -0.25) is 4.40 Å². The van der Waals surface area contributed by atoms with E-state index in [4.69, 9.17) is 0 Å². The summed E-state index contributed by atoms with van der Waals surface area (Å²) in [5.74, 6) is -0.465. The van der Waals surface area contributed by atoms with Gasteiger partial charge in [-0.05, 0) is 18.9 Å². The number of aliphatic hydroxyl groups excluding tert-OH is 1. The number of pyridine rings is 1. The molecule has 156 valence electrons. The molecule has 7 nitrogen and oxygen atoms in total. The van der Waals surface area contributed by atoms with Gasteiger partial charge in [0, 0.05) is 41.6 Å². The van der Waals surface area contributed by atoms with E-state index in [1.165, 1.54) is 22.9 Å². The molecule has 1 aliphatic rings. The fourth-order valence-electron chi connectivity index (χ4n) is 3.55. The Bertz CT molecular complexity index is 1260. The lowest BCUT2D eigenvalue weighted by molar-refractivity contribution is -0.182. The van der Waals surface area contributed by atoms with Crippen LogP contribution in [-0.4, -0.2) is 42.2 Å². The molecule has 4 aromatic rings. The molecule has 0 bridgehead atoms. The molecule has 0 radical (unpaired) electrons. The zero-order chi connectivity index (χ0) is 21.1. The summed E-state index contributed by atoms with van der Waals surface area (Å²) in [7, 11) is 0. The van der Waals surface area contributed by atoms with E-state index >= 15 is 0 Å². The minimum Gasteiger partial charge on any atom is -0.390 e. The number of halogens is 4. The molecule has 30 heavy (non-hydrogen) atoms. The van der Waals surface area contributed by atoms with Gasteiger partial charge in [0.05, 0.1) is 23.9 Å². The fraction of sp³-hybridized carbons (Fsp3) is 0.316. The average molecular weight is 420 g/mol. The molecule has 4 heterocycles. The van der Waals surface area contributed by atoms with Crippen LogP contribution in [0.2, 0.25) is 0 Å². The maximum Gasteiger partial charge on any atom is 0.396 e. The summed E-state index contributed by atoms with van der Waals surface area (Å²) in [6.45, 7) is -0.572. The van der Waals surface area contributed by atoms with Crippen molar-refractivity contribution in [1.29, 1.82) is 0 Å². The van der Waals surface area contributed by atoms with Crippen molar-refractivity contribution >= 4 is 22.6 Å². The zero-order valence-corrected chi connectivity index (χ0v) is 15.5. The van der Waals surface area contributed by atoms with Gasteiger partial charge in [-0.1, -0.05) is 0 Å². The minimum atomic E-state index is -4.26. The topological polar surface area (TPSA) is 91.1 Å². The van der Waals surface area contributed by atoms with Crippen LogP contribution in [0.4, 0.5) is 23.5 Å². The Morgan fingerprint density at radius 1 is 1.23 bits per heavy atom. The maximum absolute atomic E-state index is 14.5. The number of hydrogen-bond acceptors (Lipinski definition) is 5. The molecular formula is C19H16F4N6O. The van der Waals surface area contributed by atoms with Crippen LogP contribution in [0.5, 0.6) is 0 Å². The Balaban J connectivity index is 1.47. The molecule has 3 N–H and O–H groups in total. The third kappa shape index (κ3) is 2.88. The molecule has 0 atom stereocenters. The van der Waals surface area contributed by atoms with Gasteiger partial charge in [0.2, 0.25) is 5.95 Å². The molecular weight excluding hydrogens is 404 g/mol. The van der Waals surface area contributed by atoms with Crippen LogP contribution in [0.3, 0.4) is 0 Å². The molecule has 0 aromatic carbocycles. The number of aromatic amines is 1. The number of anilines is 1. The monoisotopic (exact) mass is 420 g/mol. The van der Waals surface area contributed by atoms with Crippen LogP contribution in [0.1, 0.15) is 18.5 Å². The van der Waals surface area contributed by atoms with Crippen molar-refractivity contribution in [2.75, 3.05) is 11.9 Å².